The van der Waals surface area contributed by atoms with Gasteiger partial charge in [-0.25, -0.2) is 9.59 Å². The Morgan fingerprint density at radius 3 is 2.37 bits per heavy atom. The van der Waals surface area contributed by atoms with Gasteiger partial charge >= 0.3 is 12.0 Å². The van der Waals surface area contributed by atoms with E-state index >= 15 is 0 Å². The molecule has 0 spiro atoms. The summed E-state index contributed by atoms with van der Waals surface area (Å²) in [6, 6.07) is -1.72. The predicted molar refractivity (Wildman–Crippen MR) is 67.7 cm³/mol. The smallest absolute Gasteiger partial charge is 0.328 e. The molecular formula is C12H21N3O4. The largest absolute Gasteiger partial charge is 0.480 e. The summed E-state index contributed by atoms with van der Waals surface area (Å²) in [7, 11) is 0. The molecule has 0 saturated carbocycles. The summed E-state index contributed by atoms with van der Waals surface area (Å²) in [4.78, 5) is 25.0. The van der Waals surface area contributed by atoms with E-state index in [0.717, 1.165) is 32.5 Å². The van der Waals surface area contributed by atoms with Gasteiger partial charge in [0.2, 0.25) is 0 Å². The highest BCUT2D eigenvalue weighted by Gasteiger charge is 2.35. The molecule has 0 aliphatic carbocycles. The van der Waals surface area contributed by atoms with Crippen LogP contribution in [0.15, 0.2) is 0 Å². The minimum absolute atomic E-state index is 0.0749. The standard InChI is InChI=1S/C12H21N3O4/c1-7(16)10(11(17)18)14-12(19)13-9-6-15-4-2-8(9)3-5-15/h7-10,16H,2-6H2,1H3,(H,17,18)(H2,13,14,19)/t7-,9?,10+/m1/s1. The number of fused-ring (bicyclic) bond motifs is 3. The van der Waals surface area contributed by atoms with E-state index in [4.69, 9.17) is 5.11 Å². The molecule has 0 aromatic heterocycles. The topological polar surface area (TPSA) is 102 Å². The van der Waals surface area contributed by atoms with E-state index in [-0.39, 0.29) is 6.04 Å². The van der Waals surface area contributed by atoms with Crippen LogP contribution in [0.1, 0.15) is 19.8 Å². The van der Waals surface area contributed by atoms with Gasteiger partial charge in [0.05, 0.1) is 6.10 Å². The molecule has 1 unspecified atom stereocenters. The molecule has 2 bridgehead atoms. The van der Waals surface area contributed by atoms with Crippen LogP contribution in [0.25, 0.3) is 0 Å². The normalized spacial score (nSPS) is 32.4. The highest BCUT2D eigenvalue weighted by Crippen LogP contribution is 2.27. The Morgan fingerprint density at radius 2 is 1.95 bits per heavy atom. The molecule has 3 aliphatic heterocycles. The van der Waals surface area contributed by atoms with Crippen molar-refractivity contribution in [2.75, 3.05) is 19.6 Å². The molecule has 7 heteroatoms. The van der Waals surface area contributed by atoms with Crippen molar-refractivity contribution in [2.45, 2.75) is 38.0 Å². The van der Waals surface area contributed by atoms with Gasteiger partial charge in [-0.3, -0.25) is 0 Å². The minimum atomic E-state index is -1.28. The number of hydrogen-bond donors (Lipinski definition) is 4. The van der Waals surface area contributed by atoms with Crippen LogP contribution in [0.2, 0.25) is 0 Å². The van der Waals surface area contributed by atoms with Gasteiger partial charge in [-0.15, -0.1) is 0 Å². The maximum atomic E-state index is 11.8. The highest BCUT2D eigenvalue weighted by molar-refractivity contribution is 5.83. The van der Waals surface area contributed by atoms with Crippen molar-refractivity contribution in [3.63, 3.8) is 0 Å². The van der Waals surface area contributed by atoms with Crippen LogP contribution in [0.3, 0.4) is 0 Å². The number of nitrogens with one attached hydrogen (secondary N) is 2. The second kappa shape index (κ2) is 5.75. The zero-order valence-corrected chi connectivity index (χ0v) is 11.0. The first kappa shape index (κ1) is 14.1. The molecule has 0 aromatic rings. The first-order valence-electron chi connectivity index (χ1n) is 6.67. The second-order valence-corrected chi connectivity index (χ2v) is 5.42. The number of aliphatic hydroxyl groups is 1. The molecule has 108 valence electrons. The van der Waals surface area contributed by atoms with Gasteiger partial charge in [-0.05, 0) is 38.8 Å². The minimum Gasteiger partial charge on any atom is -0.480 e. The maximum absolute atomic E-state index is 11.8. The summed E-state index contributed by atoms with van der Waals surface area (Å²) in [5, 5.41) is 23.3. The van der Waals surface area contributed by atoms with E-state index in [0.29, 0.717) is 5.92 Å². The summed E-state index contributed by atoms with van der Waals surface area (Å²) in [5.41, 5.74) is 0. The number of urea groups is 1. The van der Waals surface area contributed by atoms with E-state index in [1.807, 2.05) is 0 Å². The first-order valence-corrected chi connectivity index (χ1v) is 6.67. The lowest BCUT2D eigenvalue weighted by atomic mass is 9.84. The molecule has 3 rings (SSSR count). The lowest BCUT2D eigenvalue weighted by Crippen LogP contribution is -2.60. The number of aliphatic carboxylic acids is 1. The van der Waals surface area contributed by atoms with E-state index in [2.05, 4.69) is 15.5 Å². The van der Waals surface area contributed by atoms with Crippen molar-refractivity contribution < 1.29 is 19.8 Å². The molecule has 0 aromatic carbocycles. The zero-order valence-electron chi connectivity index (χ0n) is 11.0. The van der Waals surface area contributed by atoms with Gasteiger partial charge in [0.15, 0.2) is 6.04 Å². The average Bonchev–Trinajstić information content (AvgIpc) is 2.36. The molecule has 3 heterocycles. The molecule has 3 saturated heterocycles. The molecular weight excluding hydrogens is 250 g/mol. The number of nitrogens with zero attached hydrogens (tertiary/aromatic N) is 1. The Balaban J connectivity index is 1.85. The van der Waals surface area contributed by atoms with Crippen LogP contribution < -0.4 is 10.6 Å². The number of carbonyl (C=O) groups excluding carboxylic acids is 1. The molecule has 2 amide bonds. The first-order chi connectivity index (χ1) is 8.97. The van der Waals surface area contributed by atoms with Crippen molar-refractivity contribution in [1.29, 1.82) is 0 Å². The number of rotatable bonds is 4. The number of carboxylic acids is 1. The highest BCUT2D eigenvalue weighted by atomic mass is 16.4. The van der Waals surface area contributed by atoms with E-state index in [1.54, 1.807) is 0 Å². The van der Waals surface area contributed by atoms with Gasteiger partial charge < -0.3 is 25.7 Å². The molecule has 4 N–H and O–H groups in total. The summed E-state index contributed by atoms with van der Waals surface area (Å²) < 4.78 is 0. The summed E-state index contributed by atoms with van der Waals surface area (Å²) in [6.07, 6.45) is 1.02. The van der Waals surface area contributed by atoms with Gasteiger partial charge in [0.25, 0.3) is 0 Å². The summed E-state index contributed by atoms with van der Waals surface area (Å²) in [5.74, 6) is -0.760. The Hall–Kier alpha value is -1.34. The van der Waals surface area contributed by atoms with Gasteiger partial charge in [0.1, 0.15) is 0 Å². The predicted octanol–water partition coefficient (Wildman–Crippen LogP) is -0.786. The van der Waals surface area contributed by atoms with Gasteiger partial charge in [-0.1, -0.05) is 0 Å². The van der Waals surface area contributed by atoms with E-state index < -0.39 is 24.1 Å². The number of piperidine rings is 3. The average molecular weight is 271 g/mol. The molecule has 0 radical (unpaired) electrons. The number of carbonyl (C=O) groups is 2. The third-order valence-electron chi connectivity index (χ3n) is 4.01. The van der Waals surface area contributed by atoms with Crippen molar-refractivity contribution >= 4 is 12.0 Å². The molecule has 19 heavy (non-hydrogen) atoms. The number of aliphatic hydroxyl groups excluding tert-OH is 1. The fourth-order valence-electron chi connectivity index (χ4n) is 2.87. The maximum Gasteiger partial charge on any atom is 0.328 e. The van der Waals surface area contributed by atoms with Crippen molar-refractivity contribution in [1.82, 2.24) is 15.5 Å². The fourth-order valence-corrected chi connectivity index (χ4v) is 2.87. The molecule has 3 atom stereocenters. The van der Waals surface area contributed by atoms with Crippen molar-refractivity contribution in [2.24, 2.45) is 5.92 Å². The summed E-state index contributed by atoms with van der Waals surface area (Å²) >= 11 is 0. The quantitative estimate of drug-likeness (QED) is 0.537. The number of amides is 2. The Bertz CT molecular complexity index is 353. The van der Waals surface area contributed by atoms with Crippen LogP contribution in [0, 0.1) is 5.92 Å². The van der Waals surface area contributed by atoms with Crippen LogP contribution >= 0.6 is 0 Å². The summed E-state index contributed by atoms with van der Waals surface area (Å²) in [6.45, 7) is 4.32. The molecule has 3 fully saturated rings. The Labute approximate surface area is 112 Å². The van der Waals surface area contributed by atoms with Gasteiger partial charge in [0, 0.05) is 12.6 Å². The van der Waals surface area contributed by atoms with Crippen molar-refractivity contribution in [3.05, 3.63) is 0 Å². The van der Waals surface area contributed by atoms with Crippen LogP contribution in [-0.4, -0.2) is 64.9 Å². The Kier molecular flexibility index (Phi) is 4.26. The van der Waals surface area contributed by atoms with Crippen LogP contribution in [0.4, 0.5) is 4.79 Å². The van der Waals surface area contributed by atoms with Gasteiger partial charge in [-0.2, -0.15) is 0 Å². The lowest BCUT2D eigenvalue weighted by molar-refractivity contribution is -0.141. The monoisotopic (exact) mass is 271 g/mol. The third-order valence-corrected chi connectivity index (χ3v) is 4.01. The van der Waals surface area contributed by atoms with Crippen molar-refractivity contribution in [3.8, 4) is 0 Å². The third kappa shape index (κ3) is 3.36. The number of carboxylic acid groups (broad SMARTS) is 1. The fraction of sp³-hybridized carbons (Fsp3) is 0.833. The lowest BCUT2D eigenvalue weighted by Gasteiger charge is -2.44. The SMILES string of the molecule is C[C@@H](O)[C@H](NC(=O)NC1CN2CCC1CC2)C(=O)O. The van der Waals surface area contributed by atoms with Crippen LogP contribution in [0.5, 0.6) is 0 Å². The second-order valence-electron chi connectivity index (χ2n) is 5.42. The molecule has 3 aliphatic rings. The number of hydrogen-bond acceptors (Lipinski definition) is 4. The molecule has 7 nitrogen and oxygen atoms in total. The van der Waals surface area contributed by atoms with Crippen LogP contribution in [-0.2, 0) is 4.79 Å². The van der Waals surface area contributed by atoms with E-state index in [9.17, 15) is 14.7 Å². The Morgan fingerprint density at radius 1 is 1.32 bits per heavy atom. The zero-order chi connectivity index (χ0) is 14.0. The van der Waals surface area contributed by atoms with E-state index in [1.165, 1.54) is 6.92 Å².